The zero-order chi connectivity index (χ0) is 20.5. The van der Waals surface area contributed by atoms with Gasteiger partial charge in [-0.25, -0.2) is 0 Å². The van der Waals surface area contributed by atoms with Crippen LogP contribution in [0.3, 0.4) is 0 Å². The van der Waals surface area contributed by atoms with Crippen LogP contribution in [0.15, 0.2) is 36.7 Å². The third-order valence-electron chi connectivity index (χ3n) is 4.61. The maximum Gasteiger partial charge on any atom is 0.251 e. The fraction of sp³-hybridized carbons (Fsp3) is 0.450. The first kappa shape index (κ1) is 21.6. The number of carbonyl (C=O) groups is 2. The summed E-state index contributed by atoms with van der Waals surface area (Å²) in [6, 6.07) is 6.41. The number of hydrogen-bond acceptors (Lipinski definition) is 5. The number of nitrogens with zero attached hydrogens (tertiary/aromatic N) is 3. The molecular formula is C20H30N6O2. The first-order valence-corrected chi connectivity index (χ1v) is 9.55. The number of amides is 2. The number of rotatable bonds is 10. The number of nitrogens with one attached hydrogen (secondary N) is 3. The molecule has 0 bridgehead atoms. The molecule has 152 valence electrons. The third-order valence-corrected chi connectivity index (χ3v) is 4.61. The lowest BCUT2D eigenvalue weighted by atomic mass is 10.1. The molecule has 1 aromatic carbocycles. The Morgan fingerprint density at radius 3 is 2.61 bits per heavy atom. The number of aromatic nitrogens is 2. The Hall–Kier alpha value is -2.71. The van der Waals surface area contributed by atoms with E-state index in [2.05, 4.69) is 39.8 Å². The average Bonchev–Trinajstić information content (AvgIpc) is 3.11. The van der Waals surface area contributed by atoms with Gasteiger partial charge in [0.1, 0.15) is 6.04 Å². The summed E-state index contributed by atoms with van der Waals surface area (Å²) >= 11 is 0. The van der Waals surface area contributed by atoms with Crippen LogP contribution >= 0.6 is 0 Å². The standard InChI is InChI=1S/C20H30N6O2/c1-5-26(6-2)11-10-22-19(27)15-8-7-9-17(12-15)24-20(28)18(21-3)16-13-23-25(4)14-16/h7-9,12-14,18,21H,5-6,10-11H2,1-4H3,(H,22,27)(H,24,28). The largest absolute Gasteiger partial charge is 0.351 e. The van der Waals surface area contributed by atoms with Crippen molar-refractivity contribution >= 4 is 17.5 Å². The van der Waals surface area contributed by atoms with Crippen molar-refractivity contribution in [3.63, 3.8) is 0 Å². The molecule has 3 N–H and O–H groups in total. The van der Waals surface area contributed by atoms with Crippen molar-refractivity contribution in [1.29, 1.82) is 0 Å². The van der Waals surface area contributed by atoms with E-state index < -0.39 is 6.04 Å². The van der Waals surface area contributed by atoms with Crippen LogP contribution in [0.2, 0.25) is 0 Å². The summed E-state index contributed by atoms with van der Waals surface area (Å²) in [5.74, 6) is -0.365. The van der Waals surface area contributed by atoms with Crippen LogP contribution in [0, 0.1) is 0 Å². The molecule has 1 heterocycles. The van der Waals surface area contributed by atoms with Gasteiger partial charge in [-0.3, -0.25) is 14.3 Å². The van der Waals surface area contributed by atoms with Crippen molar-refractivity contribution in [1.82, 2.24) is 25.3 Å². The normalized spacial score (nSPS) is 12.0. The minimum Gasteiger partial charge on any atom is -0.351 e. The van der Waals surface area contributed by atoms with E-state index in [0.717, 1.165) is 25.2 Å². The Bertz CT molecular complexity index is 785. The second kappa shape index (κ2) is 10.6. The monoisotopic (exact) mass is 386 g/mol. The van der Waals surface area contributed by atoms with Crippen molar-refractivity contribution in [3.05, 3.63) is 47.8 Å². The van der Waals surface area contributed by atoms with Gasteiger partial charge in [0.05, 0.1) is 6.20 Å². The SMILES string of the molecule is CCN(CC)CCNC(=O)c1cccc(NC(=O)C(NC)c2cnn(C)c2)c1. The quantitative estimate of drug-likeness (QED) is 0.574. The zero-order valence-corrected chi connectivity index (χ0v) is 17.0. The van der Waals surface area contributed by atoms with Crippen molar-refractivity contribution < 1.29 is 9.59 Å². The molecule has 28 heavy (non-hydrogen) atoms. The van der Waals surface area contributed by atoms with Crippen LogP contribution in [-0.4, -0.2) is 59.7 Å². The highest BCUT2D eigenvalue weighted by molar-refractivity contribution is 5.98. The molecule has 1 atom stereocenters. The lowest BCUT2D eigenvalue weighted by Gasteiger charge is -2.18. The smallest absolute Gasteiger partial charge is 0.251 e. The third kappa shape index (κ3) is 5.90. The van der Waals surface area contributed by atoms with E-state index in [1.54, 1.807) is 55.4 Å². The Labute approximate surface area is 166 Å². The molecule has 0 aliphatic rings. The highest BCUT2D eigenvalue weighted by Crippen LogP contribution is 2.16. The second-order valence-corrected chi connectivity index (χ2v) is 6.52. The van der Waals surface area contributed by atoms with Crippen molar-refractivity contribution in [2.24, 2.45) is 7.05 Å². The van der Waals surface area contributed by atoms with E-state index in [-0.39, 0.29) is 11.8 Å². The van der Waals surface area contributed by atoms with Gasteiger partial charge in [-0.15, -0.1) is 0 Å². The topological polar surface area (TPSA) is 91.3 Å². The number of hydrogen-bond donors (Lipinski definition) is 3. The van der Waals surface area contributed by atoms with Crippen LogP contribution in [0.4, 0.5) is 5.69 Å². The second-order valence-electron chi connectivity index (χ2n) is 6.52. The summed E-state index contributed by atoms with van der Waals surface area (Å²) in [5, 5.41) is 12.9. The molecule has 1 unspecified atom stereocenters. The summed E-state index contributed by atoms with van der Waals surface area (Å²) < 4.78 is 1.65. The van der Waals surface area contributed by atoms with Crippen LogP contribution in [0.5, 0.6) is 0 Å². The minimum absolute atomic E-state index is 0.152. The van der Waals surface area contributed by atoms with Crippen LogP contribution in [0.25, 0.3) is 0 Å². The Morgan fingerprint density at radius 1 is 1.25 bits per heavy atom. The molecule has 2 aromatic rings. The summed E-state index contributed by atoms with van der Waals surface area (Å²) in [6.07, 6.45) is 3.45. The summed E-state index contributed by atoms with van der Waals surface area (Å²) in [7, 11) is 3.52. The van der Waals surface area contributed by atoms with Gasteiger partial charge in [0.25, 0.3) is 5.91 Å². The Kier molecular flexibility index (Phi) is 8.16. The molecule has 1 aromatic heterocycles. The number of carbonyl (C=O) groups excluding carboxylic acids is 2. The summed E-state index contributed by atoms with van der Waals surface area (Å²) in [4.78, 5) is 27.3. The van der Waals surface area contributed by atoms with Gasteiger partial charge in [-0.1, -0.05) is 19.9 Å². The summed E-state index contributed by atoms with van der Waals surface area (Å²) in [6.45, 7) is 7.50. The number of benzene rings is 1. The van der Waals surface area contributed by atoms with Crippen LogP contribution in [0.1, 0.15) is 35.8 Å². The first-order chi connectivity index (χ1) is 13.5. The molecular weight excluding hydrogens is 356 g/mol. The van der Waals surface area contributed by atoms with E-state index in [9.17, 15) is 9.59 Å². The molecule has 0 saturated carbocycles. The maximum atomic E-state index is 12.6. The predicted molar refractivity (Wildman–Crippen MR) is 110 cm³/mol. The van der Waals surface area contributed by atoms with E-state index in [1.165, 1.54) is 0 Å². The highest BCUT2D eigenvalue weighted by atomic mass is 16.2. The Balaban J connectivity index is 1.98. The van der Waals surface area contributed by atoms with Gasteiger partial charge in [0, 0.05) is 43.1 Å². The molecule has 0 saturated heterocycles. The molecule has 0 aliphatic carbocycles. The van der Waals surface area contributed by atoms with Gasteiger partial charge in [-0.05, 0) is 38.3 Å². The van der Waals surface area contributed by atoms with Crippen molar-refractivity contribution in [3.8, 4) is 0 Å². The minimum atomic E-state index is -0.528. The average molecular weight is 387 g/mol. The molecule has 2 rings (SSSR count). The number of anilines is 1. The van der Waals surface area contributed by atoms with E-state index >= 15 is 0 Å². The summed E-state index contributed by atoms with van der Waals surface area (Å²) in [5.41, 5.74) is 1.86. The molecule has 0 aliphatic heterocycles. The highest BCUT2D eigenvalue weighted by Gasteiger charge is 2.20. The van der Waals surface area contributed by atoms with E-state index in [0.29, 0.717) is 17.8 Å². The fourth-order valence-corrected chi connectivity index (χ4v) is 2.96. The van der Waals surface area contributed by atoms with Crippen molar-refractivity contribution in [2.75, 3.05) is 38.5 Å². The molecule has 0 spiro atoms. The van der Waals surface area contributed by atoms with Crippen LogP contribution in [-0.2, 0) is 11.8 Å². The van der Waals surface area contributed by atoms with Gasteiger partial charge >= 0.3 is 0 Å². The molecule has 8 nitrogen and oxygen atoms in total. The molecule has 8 heteroatoms. The lowest BCUT2D eigenvalue weighted by Crippen LogP contribution is -2.34. The molecule has 0 fully saturated rings. The van der Waals surface area contributed by atoms with E-state index in [4.69, 9.17) is 0 Å². The predicted octanol–water partition coefficient (Wildman–Crippen LogP) is 1.39. The Morgan fingerprint density at radius 2 is 2.00 bits per heavy atom. The van der Waals surface area contributed by atoms with Gasteiger partial charge in [-0.2, -0.15) is 5.10 Å². The van der Waals surface area contributed by atoms with Gasteiger partial charge in [0.15, 0.2) is 0 Å². The van der Waals surface area contributed by atoms with Crippen molar-refractivity contribution in [2.45, 2.75) is 19.9 Å². The fourth-order valence-electron chi connectivity index (χ4n) is 2.96. The van der Waals surface area contributed by atoms with Gasteiger partial charge < -0.3 is 20.9 Å². The number of aryl methyl sites for hydroxylation is 1. The van der Waals surface area contributed by atoms with Gasteiger partial charge in [0.2, 0.25) is 5.91 Å². The zero-order valence-electron chi connectivity index (χ0n) is 17.0. The molecule has 2 amide bonds. The molecule has 0 radical (unpaired) electrons. The van der Waals surface area contributed by atoms with Crippen LogP contribution < -0.4 is 16.0 Å². The lowest BCUT2D eigenvalue weighted by molar-refractivity contribution is -0.118. The maximum absolute atomic E-state index is 12.6. The number of likely N-dealkylation sites (N-methyl/N-ethyl adjacent to an activating group) is 2. The first-order valence-electron chi connectivity index (χ1n) is 9.55. The van der Waals surface area contributed by atoms with E-state index in [1.807, 2.05) is 0 Å².